The van der Waals surface area contributed by atoms with Crippen molar-refractivity contribution in [2.45, 2.75) is 0 Å². The molecule has 0 atom stereocenters. The Bertz CT molecular complexity index is 466. The van der Waals surface area contributed by atoms with Crippen molar-refractivity contribution >= 4 is 44.7 Å². The molecular weight excluding hydrogens is 275 g/mol. The van der Waals surface area contributed by atoms with Crippen LogP contribution in [0.3, 0.4) is 0 Å². The second kappa shape index (κ2) is 3.06. The highest BCUT2D eigenvalue weighted by atomic mass is 127. The molecule has 2 aromatic rings. The van der Waals surface area contributed by atoms with Gasteiger partial charge in [0.05, 0.1) is 11.4 Å². The van der Waals surface area contributed by atoms with Crippen molar-refractivity contribution in [2.75, 3.05) is 11.5 Å². The molecule has 0 saturated heterocycles. The predicted molar refractivity (Wildman–Crippen MR) is 65.5 cm³/mol. The molecule has 0 aliphatic heterocycles. The summed E-state index contributed by atoms with van der Waals surface area (Å²) in [6.45, 7) is 0. The van der Waals surface area contributed by atoms with E-state index in [-0.39, 0.29) is 0 Å². The van der Waals surface area contributed by atoms with Crippen molar-refractivity contribution in [3.8, 4) is 0 Å². The molecule has 0 heterocycles. The normalized spacial score (nSPS) is 10.5. The van der Waals surface area contributed by atoms with Gasteiger partial charge in [-0.2, -0.15) is 0 Å². The zero-order valence-electron chi connectivity index (χ0n) is 6.92. The summed E-state index contributed by atoms with van der Waals surface area (Å²) in [6.07, 6.45) is 0. The van der Waals surface area contributed by atoms with E-state index in [9.17, 15) is 0 Å². The van der Waals surface area contributed by atoms with Crippen LogP contribution in [0.25, 0.3) is 10.8 Å². The largest absolute Gasteiger partial charge is 0.397 e. The molecule has 0 aromatic heterocycles. The van der Waals surface area contributed by atoms with Gasteiger partial charge in [0.15, 0.2) is 0 Å². The first-order valence-electron chi connectivity index (χ1n) is 3.92. The molecule has 2 nitrogen and oxygen atoms in total. The van der Waals surface area contributed by atoms with Crippen LogP contribution in [0.5, 0.6) is 0 Å². The standard InChI is InChI=1S/C10H9IN2/c11-7-2-3-8-6(5-7)1-4-9(12)10(8)13/h1-5H,12-13H2. The molecule has 0 bridgehead atoms. The number of fused-ring (bicyclic) bond motifs is 1. The molecule has 0 unspecified atom stereocenters. The Hall–Kier alpha value is -0.970. The van der Waals surface area contributed by atoms with Gasteiger partial charge in [-0.1, -0.05) is 12.1 Å². The fourth-order valence-corrected chi connectivity index (χ4v) is 1.86. The quantitative estimate of drug-likeness (QED) is 0.577. The molecule has 0 aliphatic carbocycles. The second-order valence-corrected chi connectivity index (χ2v) is 4.18. The van der Waals surface area contributed by atoms with Crippen LogP contribution in [-0.2, 0) is 0 Å². The number of benzene rings is 2. The molecule has 13 heavy (non-hydrogen) atoms. The van der Waals surface area contributed by atoms with Crippen LogP contribution in [-0.4, -0.2) is 0 Å². The van der Waals surface area contributed by atoms with Crippen LogP contribution in [0, 0.1) is 3.57 Å². The molecular formula is C10H9IN2. The van der Waals surface area contributed by atoms with Gasteiger partial charge < -0.3 is 11.5 Å². The topological polar surface area (TPSA) is 52.0 Å². The van der Waals surface area contributed by atoms with Crippen LogP contribution in [0.2, 0.25) is 0 Å². The first kappa shape index (κ1) is 8.62. The van der Waals surface area contributed by atoms with Crippen molar-refractivity contribution in [2.24, 2.45) is 0 Å². The maximum absolute atomic E-state index is 5.84. The number of nitrogens with two attached hydrogens (primary N) is 2. The van der Waals surface area contributed by atoms with E-state index in [0.29, 0.717) is 11.4 Å². The summed E-state index contributed by atoms with van der Waals surface area (Å²) in [5.74, 6) is 0. The van der Waals surface area contributed by atoms with Crippen LogP contribution in [0.1, 0.15) is 0 Å². The van der Waals surface area contributed by atoms with Crippen LogP contribution in [0.15, 0.2) is 30.3 Å². The lowest BCUT2D eigenvalue weighted by Gasteiger charge is -2.05. The Labute approximate surface area is 90.1 Å². The van der Waals surface area contributed by atoms with Crippen LogP contribution >= 0.6 is 22.6 Å². The fraction of sp³-hybridized carbons (Fsp3) is 0. The summed E-state index contributed by atoms with van der Waals surface area (Å²) in [6, 6.07) is 9.95. The Morgan fingerprint density at radius 2 is 1.77 bits per heavy atom. The molecule has 0 amide bonds. The molecule has 0 aliphatic rings. The third-order valence-electron chi connectivity index (χ3n) is 2.06. The maximum atomic E-state index is 5.84. The monoisotopic (exact) mass is 284 g/mol. The van der Waals surface area contributed by atoms with Crippen molar-refractivity contribution in [1.29, 1.82) is 0 Å². The number of hydrogen-bond acceptors (Lipinski definition) is 2. The van der Waals surface area contributed by atoms with E-state index in [1.54, 1.807) is 0 Å². The van der Waals surface area contributed by atoms with Crippen LogP contribution in [0.4, 0.5) is 11.4 Å². The lowest BCUT2D eigenvalue weighted by atomic mass is 10.1. The lowest BCUT2D eigenvalue weighted by molar-refractivity contribution is 1.68. The van der Waals surface area contributed by atoms with Gasteiger partial charge in [-0.15, -0.1) is 0 Å². The summed E-state index contributed by atoms with van der Waals surface area (Å²) in [7, 11) is 0. The van der Waals surface area contributed by atoms with Crippen molar-refractivity contribution < 1.29 is 0 Å². The highest BCUT2D eigenvalue weighted by molar-refractivity contribution is 14.1. The molecule has 4 N–H and O–H groups in total. The van der Waals surface area contributed by atoms with E-state index < -0.39 is 0 Å². The summed E-state index contributed by atoms with van der Waals surface area (Å²) in [5, 5.41) is 2.17. The Morgan fingerprint density at radius 3 is 2.54 bits per heavy atom. The molecule has 66 valence electrons. The summed E-state index contributed by atoms with van der Waals surface area (Å²) in [4.78, 5) is 0. The summed E-state index contributed by atoms with van der Waals surface area (Å²) >= 11 is 2.28. The van der Waals surface area contributed by atoms with E-state index in [4.69, 9.17) is 11.5 Å². The molecule has 2 aromatic carbocycles. The highest BCUT2D eigenvalue weighted by Gasteiger charge is 2.00. The average molecular weight is 284 g/mol. The SMILES string of the molecule is Nc1ccc2cc(I)ccc2c1N. The zero-order chi connectivity index (χ0) is 9.42. The second-order valence-electron chi connectivity index (χ2n) is 2.93. The Kier molecular flexibility index (Phi) is 2.03. The predicted octanol–water partition coefficient (Wildman–Crippen LogP) is 2.61. The molecule has 0 spiro atoms. The van der Waals surface area contributed by atoms with E-state index in [2.05, 4.69) is 28.7 Å². The minimum atomic E-state index is 0.647. The maximum Gasteiger partial charge on any atom is 0.0627 e. The molecule has 3 heteroatoms. The zero-order valence-corrected chi connectivity index (χ0v) is 9.08. The molecule has 0 saturated carbocycles. The Morgan fingerprint density at radius 1 is 1.00 bits per heavy atom. The minimum absolute atomic E-state index is 0.647. The number of anilines is 2. The first-order chi connectivity index (χ1) is 6.18. The van der Waals surface area contributed by atoms with Gasteiger partial charge in [0.1, 0.15) is 0 Å². The minimum Gasteiger partial charge on any atom is -0.397 e. The first-order valence-corrected chi connectivity index (χ1v) is 4.99. The van der Waals surface area contributed by atoms with Crippen molar-refractivity contribution in [3.63, 3.8) is 0 Å². The van der Waals surface area contributed by atoms with Gasteiger partial charge in [0.2, 0.25) is 0 Å². The van der Waals surface area contributed by atoms with Crippen molar-refractivity contribution in [1.82, 2.24) is 0 Å². The van der Waals surface area contributed by atoms with E-state index in [0.717, 1.165) is 10.8 Å². The average Bonchev–Trinajstić information content (AvgIpc) is 2.12. The number of hydrogen-bond donors (Lipinski definition) is 2. The number of nitrogen functional groups attached to an aromatic ring is 2. The van der Waals surface area contributed by atoms with Gasteiger partial charge in [0.25, 0.3) is 0 Å². The van der Waals surface area contributed by atoms with Gasteiger partial charge in [-0.3, -0.25) is 0 Å². The highest BCUT2D eigenvalue weighted by Crippen LogP contribution is 2.27. The van der Waals surface area contributed by atoms with Crippen LogP contribution < -0.4 is 11.5 Å². The smallest absolute Gasteiger partial charge is 0.0627 e. The molecule has 0 radical (unpaired) electrons. The fourth-order valence-electron chi connectivity index (χ4n) is 1.34. The van der Waals surface area contributed by atoms with Gasteiger partial charge in [-0.25, -0.2) is 0 Å². The van der Waals surface area contributed by atoms with Gasteiger partial charge >= 0.3 is 0 Å². The summed E-state index contributed by atoms with van der Waals surface area (Å²) < 4.78 is 1.20. The Balaban J connectivity index is 2.87. The van der Waals surface area contributed by atoms with E-state index >= 15 is 0 Å². The third-order valence-corrected chi connectivity index (χ3v) is 2.73. The van der Waals surface area contributed by atoms with Gasteiger partial charge in [0, 0.05) is 8.96 Å². The number of halogens is 1. The van der Waals surface area contributed by atoms with E-state index in [1.165, 1.54) is 3.57 Å². The van der Waals surface area contributed by atoms with E-state index in [1.807, 2.05) is 24.3 Å². The molecule has 2 rings (SSSR count). The number of rotatable bonds is 0. The molecule has 0 fully saturated rings. The lowest BCUT2D eigenvalue weighted by Crippen LogP contribution is -1.95. The van der Waals surface area contributed by atoms with Gasteiger partial charge in [-0.05, 0) is 46.2 Å². The van der Waals surface area contributed by atoms with Crippen molar-refractivity contribution in [3.05, 3.63) is 33.9 Å². The third kappa shape index (κ3) is 1.44. The summed E-state index contributed by atoms with van der Waals surface area (Å²) in [5.41, 5.74) is 12.9.